The lowest BCUT2D eigenvalue weighted by Crippen LogP contribution is -2.16. The van der Waals surface area contributed by atoms with Crippen molar-refractivity contribution in [3.8, 4) is 0 Å². The molecule has 134 valence electrons. The first-order valence-corrected chi connectivity index (χ1v) is 8.84. The van der Waals surface area contributed by atoms with E-state index in [0.29, 0.717) is 10.9 Å². The van der Waals surface area contributed by atoms with Gasteiger partial charge in [0.25, 0.3) is 0 Å². The fourth-order valence-electron chi connectivity index (χ4n) is 2.54. The Morgan fingerprint density at radius 3 is 2.62 bits per heavy atom. The number of carbonyl (C=O) groups excluding carboxylic acids is 2. The topological polar surface area (TPSA) is 80.4 Å². The monoisotopic (exact) mass is 416 g/mol. The molecule has 1 aromatic heterocycles. The molecule has 2 aromatic carbocycles. The first kappa shape index (κ1) is 18.0. The number of ether oxygens (including phenoxy) is 2. The molecule has 0 spiro atoms. The van der Waals surface area contributed by atoms with Crippen molar-refractivity contribution in [3.63, 3.8) is 0 Å². The number of rotatable bonds is 5. The van der Waals surface area contributed by atoms with Crippen LogP contribution in [-0.4, -0.2) is 23.7 Å². The summed E-state index contributed by atoms with van der Waals surface area (Å²) in [6.07, 6.45) is -0.662. The van der Waals surface area contributed by atoms with E-state index in [0.717, 1.165) is 10.0 Å². The van der Waals surface area contributed by atoms with Crippen molar-refractivity contribution >= 4 is 44.7 Å². The summed E-state index contributed by atoms with van der Waals surface area (Å²) in [5, 5.41) is 3.25. The van der Waals surface area contributed by atoms with E-state index in [1.54, 1.807) is 13.0 Å². The summed E-state index contributed by atoms with van der Waals surface area (Å²) in [5.74, 6) is -0.269. The number of hydrogen-bond acceptors (Lipinski definition) is 4. The molecule has 0 atom stereocenters. The number of hydrogen-bond donors (Lipinski definition) is 2. The van der Waals surface area contributed by atoms with Gasteiger partial charge in [0.1, 0.15) is 18.0 Å². The summed E-state index contributed by atoms with van der Waals surface area (Å²) in [7, 11) is 0. The number of aromatic nitrogens is 1. The van der Waals surface area contributed by atoms with E-state index in [2.05, 4.69) is 26.2 Å². The summed E-state index contributed by atoms with van der Waals surface area (Å²) in [4.78, 5) is 27.5. The van der Waals surface area contributed by atoms with Crippen molar-refractivity contribution in [3.05, 3.63) is 64.1 Å². The van der Waals surface area contributed by atoms with Crippen LogP contribution in [0.4, 0.5) is 10.6 Å². The molecule has 0 aliphatic carbocycles. The van der Waals surface area contributed by atoms with Gasteiger partial charge in [0.05, 0.1) is 6.61 Å². The molecule has 3 aromatic rings. The molecule has 0 aliphatic heterocycles. The maximum absolute atomic E-state index is 12.3. The predicted octanol–water partition coefficient (Wildman–Crippen LogP) is 4.86. The second kappa shape index (κ2) is 8.05. The zero-order chi connectivity index (χ0) is 18.5. The Morgan fingerprint density at radius 2 is 1.88 bits per heavy atom. The van der Waals surface area contributed by atoms with E-state index in [-0.39, 0.29) is 24.6 Å². The number of halogens is 1. The first-order valence-electron chi connectivity index (χ1n) is 8.04. The maximum Gasteiger partial charge on any atom is 0.413 e. The Morgan fingerprint density at radius 1 is 1.12 bits per heavy atom. The Labute approximate surface area is 158 Å². The van der Waals surface area contributed by atoms with E-state index in [4.69, 9.17) is 9.47 Å². The molecular formula is C19H17BrN2O4. The van der Waals surface area contributed by atoms with Gasteiger partial charge in [0, 0.05) is 15.4 Å². The van der Waals surface area contributed by atoms with Crippen LogP contribution in [0.1, 0.15) is 22.8 Å². The van der Waals surface area contributed by atoms with Gasteiger partial charge in [-0.2, -0.15) is 0 Å². The van der Waals surface area contributed by atoms with Gasteiger partial charge >= 0.3 is 12.1 Å². The lowest BCUT2D eigenvalue weighted by molar-refractivity contribution is 0.0530. The van der Waals surface area contributed by atoms with Gasteiger partial charge < -0.3 is 14.5 Å². The van der Waals surface area contributed by atoms with Gasteiger partial charge in [-0.25, -0.2) is 9.59 Å². The Hall–Kier alpha value is -2.80. The third-order valence-corrected chi connectivity index (χ3v) is 4.17. The average molecular weight is 417 g/mol. The number of anilines is 1. The molecule has 2 N–H and O–H groups in total. The van der Waals surface area contributed by atoms with Crippen LogP contribution in [0, 0.1) is 0 Å². The molecule has 0 fully saturated rings. The lowest BCUT2D eigenvalue weighted by Gasteiger charge is -2.08. The quantitative estimate of drug-likeness (QED) is 0.582. The van der Waals surface area contributed by atoms with Crippen LogP contribution in [0.3, 0.4) is 0 Å². The van der Waals surface area contributed by atoms with Crippen LogP contribution in [0.25, 0.3) is 10.9 Å². The van der Waals surface area contributed by atoms with E-state index in [9.17, 15) is 9.59 Å². The van der Waals surface area contributed by atoms with E-state index < -0.39 is 12.1 Å². The molecule has 0 aliphatic rings. The highest BCUT2D eigenvalue weighted by molar-refractivity contribution is 9.10. The molecular weight excluding hydrogens is 400 g/mol. The van der Waals surface area contributed by atoms with Gasteiger partial charge in [-0.15, -0.1) is 0 Å². The summed E-state index contributed by atoms with van der Waals surface area (Å²) in [6.45, 7) is 2.09. The number of nitrogens with one attached hydrogen (secondary N) is 2. The molecule has 0 bridgehead atoms. The van der Waals surface area contributed by atoms with Crippen molar-refractivity contribution in [2.75, 3.05) is 11.9 Å². The first-order chi connectivity index (χ1) is 12.6. The van der Waals surface area contributed by atoms with Crippen molar-refractivity contribution in [1.29, 1.82) is 0 Å². The maximum atomic E-state index is 12.3. The normalized spacial score (nSPS) is 10.5. The van der Waals surface area contributed by atoms with Gasteiger partial charge in [-0.05, 0) is 24.6 Å². The van der Waals surface area contributed by atoms with Gasteiger partial charge in [0.2, 0.25) is 0 Å². The Bertz CT molecular complexity index is 937. The minimum Gasteiger partial charge on any atom is -0.462 e. The minimum atomic E-state index is -0.662. The Kier molecular flexibility index (Phi) is 5.58. The van der Waals surface area contributed by atoms with E-state index in [1.807, 2.05) is 42.5 Å². The second-order valence-corrected chi connectivity index (χ2v) is 6.39. The highest BCUT2D eigenvalue weighted by atomic mass is 79.9. The van der Waals surface area contributed by atoms with Crippen LogP contribution in [0.2, 0.25) is 0 Å². The largest absolute Gasteiger partial charge is 0.462 e. The molecule has 7 heteroatoms. The average Bonchev–Trinajstić information content (AvgIpc) is 2.98. The van der Waals surface area contributed by atoms with Crippen molar-refractivity contribution in [2.24, 2.45) is 0 Å². The third kappa shape index (κ3) is 4.05. The van der Waals surface area contributed by atoms with Crippen LogP contribution in [0.15, 0.2) is 53.0 Å². The highest BCUT2D eigenvalue weighted by Crippen LogP contribution is 2.29. The number of carbonyl (C=O) groups is 2. The SMILES string of the molecule is CCOC(=O)c1c(NC(=O)OCc2ccccc2)[nH]c2cc(Br)ccc12. The van der Waals surface area contributed by atoms with Gasteiger partial charge in [-0.3, -0.25) is 5.32 Å². The van der Waals surface area contributed by atoms with E-state index >= 15 is 0 Å². The van der Waals surface area contributed by atoms with Crippen molar-refractivity contribution < 1.29 is 19.1 Å². The molecule has 3 rings (SSSR count). The van der Waals surface area contributed by atoms with Crippen LogP contribution < -0.4 is 5.32 Å². The fraction of sp³-hybridized carbons (Fsp3) is 0.158. The number of amides is 1. The third-order valence-electron chi connectivity index (χ3n) is 3.68. The number of esters is 1. The number of fused-ring (bicyclic) bond motifs is 1. The molecule has 26 heavy (non-hydrogen) atoms. The van der Waals surface area contributed by atoms with Crippen LogP contribution >= 0.6 is 15.9 Å². The summed E-state index contributed by atoms with van der Waals surface area (Å²) in [6, 6.07) is 14.8. The van der Waals surface area contributed by atoms with Gasteiger partial charge in [0.15, 0.2) is 0 Å². The predicted molar refractivity (Wildman–Crippen MR) is 102 cm³/mol. The Balaban J connectivity index is 1.82. The van der Waals surface area contributed by atoms with Gasteiger partial charge in [-0.1, -0.05) is 52.3 Å². The van der Waals surface area contributed by atoms with Crippen molar-refractivity contribution in [2.45, 2.75) is 13.5 Å². The highest BCUT2D eigenvalue weighted by Gasteiger charge is 2.21. The molecule has 1 amide bonds. The smallest absolute Gasteiger partial charge is 0.413 e. The summed E-state index contributed by atoms with van der Waals surface area (Å²) >= 11 is 3.39. The van der Waals surface area contributed by atoms with Crippen LogP contribution in [-0.2, 0) is 16.1 Å². The molecule has 1 heterocycles. The summed E-state index contributed by atoms with van der Waals surface area (Å²) in [5.41, 5.74) is 1.83. The molecule has 0 saturated carbocycles. The number of H-pyrrole nitrogens is 1. The van der Waals surface area contributed by atoms with Crippen molar-refractivity contribution in [1.82, 2.24) is 4.98 Å². The van der Waals surface area contributed by atoms with Crippen LogP contribution in [0.5, 0.6) is 0 Å². The molecule has 0 unspecified atom stereocenters. The molecule has 0 radical (unpaired) electrons. The van der Waals surface area contributed by atoms with E-state index in [1.165, 1.54) is 0 Å². The minimum absolute atomic E-state index is 0.132. The zero-order valence-electron chi connectivity index (χ0n) is 14.0. The zero-order valence-corrected chi connectivity index (χ0v) is 15.6. The second-order valence-electron chi connectivity index (χ2n) is 5.47. The molecule has 6 nitrogen and oxygen atoms in total. The number of aromatic amines is 1. The summed E-state index contributed by atoms with van der Waals surface area (Å²) < 4.78 is 11.2. The standard InChI is InChI=1S/C19H17BrN2O4/c1-2-25-18(23)16-14-9-8-13(20)10-15(14)21-17(16)22-19(24)26-11-12-6-4-3-5-7-12/h3-10,21H,2,11H2,1H3,(H,22,24). The molecule has 0 saturated heterocycles. The number of benzene rings is 2. The lowest BCUT2D eigenvalue weighted by atomic mass is 10.1. The fourth-order valence-corrected chi connectivity index (χ4v) is 2.90.